The van der Waals surface area contributed by atoms with E-state index < -0.39 is 0 Å². The van der Waals surface area contributed by atoms with Crippen molar-refractivity contribution in [3.63, 3.8) is 0 Å². The van der Waals surface area contributed by atoms with Crippen molar-refractivity contribution >= 4 is 23.2 Å². The third kappa shape index (κ3) is 2.52. The van der Waals surface area contributed by atoms with Crippen LogP contribution in [0.25, 0.3) is 0 Å². The molecule has 1 atom stereocenters. The van der Waals surface area contributed by atoms with E-state index in [1.165, 1.54) is 0 Å². The molecule has 1 aromatic rings. The van der Waals surface area contributed by atoms with Crippen molar-refractivity contribution in [2.45, 2.75) is 31.3 Å². The van der Waals surface area contributed by atoms with Gasteiger partial charge in [-0.2, -0.15) is 5.26 Å². The first-order chi connectivity index (χ1) is 9.17. The second-order valence-electron chi connectivity index (χ2n) is 5.12. The van der Waals surface area contributed by atoms with E-state index in [4.69, 9.17) is 16.9 Å². The van der Waals surface area contributed by atoms with Gasteiger partial charge in [-0.3, -0.25) is 4.79 Å². The number of nitriles is 1. The van der Waals surface area contributed by atoms with E-state index in [0.717, 1.165) is 25.1 Å². The fourth-order valence-corrected chi connectivity index (χ4v) is 2.69. The molecule has 2 fully saturated rings. The van der Waals surface area contributed by atoms with Crippen molar-refractivity contribution in [3.8, 4) is 6.07 Å². The molecular weight excluding hydrogens is 262 g/mol. The maximum Gasteiger partial charge on any atom is 0.225 e. The first kappa shape index (κ1) is 12.3. The van der Waals surface area contributed by atoms with Crippen molar-refractivity contribution in [2.75, 3.05) is 11.9 Å². The van der Waals surface area contributed by atoms with Crippen LogP contribution in [-0.2, 0) is 4.79 Å². The molecule has 1 amide bonds. The van der Waals surface area contributed by atoms with E-state index in [1.807, 2.05) is 4.90 Å². The zero-order chi connectivity index (χ0) is 13.4. The molecular formula is C14H14ClN3O. The second-order valence-corrected chi connectivity index (χ2v) is 5.56. The number of anilines is 1. The molecule has 1 aliphatic heterocycles. The Morgan fingerprint density at radius 2 is 2.21 bits per heavy atom. The lowest BCUT2D eigenvalue weighted by Crippen LogP contribution is -2.29. The molecule has 1 heterocycles. The van der Waals surface area contributed by atoms with Gasteiger partial charge in [-0.05, 0) is 31.0 Å². The lowest BCUT2D eigenvalue weighted by molar-refractivity contribution is -0.128. The molecule has 1 saturated heterocycles. The van der Waals surface area contributed by atoms with Gasteiger partial charge in [0.15, 0.2) is 0 Å². The van der Waals surface area contributed by atoms with E-state index in [1.54, 1.807) is 18.2 Å². The number of nitrogens with zero attached hydrogens (tertiary/aromatic N) is 2. The van der Waals surface area contributed by atoms with E-state index in [0.29, 0.717) is 23.0 Å². The third-order valence-corrected chi connectivity index (χ3v) is 3.84. The Labute approximate surface area is 117 Å². The number of benzene rings is 1. The molecule has 0 aromatic heterocycles. The lowest BCUT2D eigenvalue weighted by Gasteiger charge is -2.17. The first-order valence-electron chi connectivity index (χ1n) is 6.43. The summed E-state index contributed by atoms with van der Waals surface area (Å²) in [6, 6.07) is 7.85. The zero-order valence-corrected chi connectivity index (χ0v) is 11.2. The minimum atomic E-state index is 0.0846. The van der Waals surface area contributed by atoms with Crippen LogP contribution >= 0.6 is 11.6 Å². The van der Waals surface area contributed by atoms with E-state index in [9.17, 15) is 4.79 Å². The standard InChI is InChI=1S/C14H14ClN3O/c15-10-1-4-13(9(5-10)7-16)17-11-6-14(19)18(8-11)12-2-3-12/h1,4-5,11-12,17H,2-3,6,8H2. The van der Waals surface area contributed by atoms with Gasteiger partial charge in [-0.1, -0.05) is 11.6 Å². The van der Waals surface area contributed by atoms with Gasteiger partial charge in [-0.15, -0.1) is 0 Å². The van der Waals surface area contributed by atoms with Crippen molar-refractivity contribution < 1.29 is 4.79 Å². The summed E-state index contributed by atoms with van der Waals surface area (Å²) < 4.78 is 0. The molecule has 1 saturated carbocycles. The van der Waals surface area contributed by atoms with Crippen molar-refractivity contribution in [1.29, 1.82) is 5.26 Å². The number of carbonyl (C=O) groups excluding carboxylic acids is 1. The van der Waals surface area contributed by atoms with Gasteiger partial charge in [0.05, 0.1) is 17.3 Å². The Kier molecular flexibility index (Phi) is 3.08. The number of carbonyl (C=O) groups is 1. The minimum absolute atomic E-state index is 0.0846. The average molecular weight is 276 g/mol. The van der Waals surface area contributed by atoms with Gasteiger partial charge in [0.2, 0.25) is 5.91 Å². The highest BCUT2D eigenvalue weighted by molar-refractivity contribution is 6.30. The molecule has 3 rings (SSSR count). The highest BCUT2D eigenvalue weighted by Crippen LogP contribution is 2.32. The number of nitrogens with one attached hydrogen (secondary N) is 1. The molecule has 5 heteroatoms. The lowest BCUT2D eigenvalue weighted by atomic mass is 10.1. The summed E-state index contributed by atoms with van der Waals surface area (Å²) in [6.45, 7) is 0.733. The molecule has 1 aliphatic carbocycles. The normalized spacial score (nSPS) is 22.4. The van der Waals surface area contributed by atoms with Crippen LogP contribution in [0.3, 0.4) is 0 Å². The first-order valence-corrected chi connectivity index (χ1v) is 6.81. The van der Waals surface area contributed by atoms with Gasteiger partial charge < -0.3 is 10.2 Å². The maximum absolute atomic E-state index is 11.9. The number of halogens is 1. The topological polar surface area (TPSA) is 56.1 Å². The molecule has 1 aromatic carbocycles. The number of hydrogen-bond acceptors (Lipinski definition) is 3. The summed E-state index contributed by atoms with van der Waals surface area (Å²) in [5.41, 5.74) is 1.27. The smallest absolute Gasteiger partial charge is 0.225 e. The maximum atomic E-state index is 11.9. The Morgan fingerprint density at radius 3 is 2.89 bits per heavy atom. The van der Waals surface area contributed by atoms with Gasteiger partial charge in [0.1, 0.15) is 6.07 Å². The molecule has 19 heavy (non-hydrogen) atoms. The highest BCUT2D eigenvalue weighted by Gasteiger charge is 2.39. The third-order valence-electron chi connectivity index (χ3n) is 3.61. The fourth-order valence-electron chi connectivity index (χ4n) is 2.52. The van der Waals surface area contributed by atoms with Crippen LogP contribution in [0.2, 0.25) is 5.02 Å². The van der Waals surface area contributed by atoms with Crippen LogP contribution in [0.15, 0.2) is 18.2 Å². The van der Waals surface area contributed by atoms with Gasteiger partial charge in [0.25, 0.3) is 0 Å². The predicted octanol–water partition coefficient (Wildman–Crippen LogP) is 2.39. The second kappa shape index (κ2) is 4.75. The molecule has 0 radical (unpaired) electrons. The minimum Gasteiger partial charge on any atom is -0.379 e. The zero-order valence-electron chi connectivity index (χ0n) is 10.4. The quantitative estimate of drug-likeness (QED) is 0.921. The fraction of sp³-hybridized carbons (Fsp3) is 0.429. The highest BCUT2D eigenvalue weighted by atomic mass is 35.5. The van der Waals surface area contributed by atoms with Crippen LogP contribution in [0.5, 0.6) is 0 Å². The van der Waals surface area contributed by atoms with Crippen LogP contribution in [0.1, 0.15) is 24.8 Å². The van der Waals surface area contributed by atoms with Crippen molar-refractivity contribution in [3.05, 3.63) is 28.8 Å². The summed E-state index contributed by atoms with van der Waals surface area (Å²) in [5, 5.41) is 12.9. The SMILES string of the molecule is N#Cc1cc(Cl)ccc1NC1CC(=O)N(C2CC2)C1. The predicted molar refractivity (Wildman–Crippen MR) is 72.9 cm³/mol. The van der Waals surface area contributed by atoms with Crippen LogP contribution in [0, 0.1) is 11.3 Å². The molecule has 1 unspecified atom stereocenters. The van der Waals surface area contributed by atoms with E-state index in [-0.39, 0.29) is 11.9 Å². The number of hydrogen-bond donors (Lipinski definition) is 1. The summed E-state index contributed by atoms with van der Waals surface area (Å²) in [6.07, 6.45) is 2.76. The summed E-state index contributed by atoms with van der Waals surface area (Å²) in [5.74, 6) is 0.215. The number of amides is 1. The van der Waals surface area contributed by atoms with Gasteiger partial charge in [0, 0.05) is 24.0 Å². The Bertz CT molecular complexity index is 562. The molecule has 0 spiro atoms. The van der Waals surface area contributed by atoms with Crippen molar-refractivity contribution in [1.82, 2.24) is 4.90 Å². The Morgan fingerprint density at radius 1 is 1.42 bits per heavy atom. The van der Waals surface area contributed by atoms with E-state index >= 15 is 0 Å². The molecule has 98 valence electrons. The summed E-state index contributed by atoms with van der Waals surface area (Å²) in [7, 11) is 0. The van der Waals surface area contributed by atoms with E-state index in [2.05, 4.69) is 11.4 Å². The van der Waals surface area contributed by atoms with Crippen LogP contribution in [0.4, 0.5) is 5.69 Å². The summed E-state index contributed by atoms with van der Waals surface area (Å²) >= 11 is 5.87. The summed E-state index contributed by atoms with van der Waals surface area (Å²) in [4.78, 5) is 13.8. The van der Waals surface area contributed by atoms with Crippen LogP contribution in [-0.4, -0.2) is 29.4 Å². The molecule has 1 N–H and O–H groups in total. The molecule has 0 bridgehead atoms. The molecule has 2 aliphatic rings. The monoisotopic (exact) mass is 275 g/mol. The number of likely N-dealkylation sites (tertiary alicyclic amines) is 1. The number of rotatable bonds is 3. The Hall–Kier alpha value is -1.73. The van der Waals surface area contributed by atoms with Gasteiger partial charge in [-0.25, -0.2) is 0 Å². The largest absolute Gasteiger partial charge is 0.379 e. The molecule has 4 nitrogen and oxygen atoms in total. The van der Waals surface area contributed by atoms with Gasteiger partial charge >= 0.3 is 0 Å². The Balaban J connectivity index is 1.72. The average Bonchev–Trinajstić information content (AvgIpc) is 3.16. The van der Waals surface area contributed by atoms with Crippen molar-refractivity contribution in [2.24, 2.45) is 0 Å². The van der Waals surface area contributed by atoms with Crippen LogP contribution < -0.4 is 5.32 Å².